The molecule has 1 aromatic rings. The number of hydrogen-bond acceptors (Lipinski definition) is 4. The number of carbonyl (C=O) groups excluding carboxylic acids is 1. The second kappa shape index (κ2) is 6.86. The Morgan fingerprint density at radius 2 is 1.95 bits per heavy atom. The maximum absolute atomic E-state index is 12.4. The minimum Gasteiger partial charge on any atom is -0.484 e. The van der Waals surface area contributed by atoms with Crippen LogP contribution in [0.3, 0.4) is 0 Å². The molecule has 2 saturated heterocycles. The Labute approximate surface area is 135 Å². The zero-order valence-corrected chi connectivity index (χ0v) is 13.2. The summed E-state index contributed by atoms with van der Waals surface area (Å²) in [6.07, 6.45) is 1.68. The smallest absolute Gasteiger partial charge is 0.260 e. The lowest BCUT2D eigenvalue weighted by Crippen LogP contribution is -2.56. The molecule has 0 saturated carbocycles. The highest BCUT2D eigenvalue weighted by Gasteiger charge is 2.39. The van der Waals surface area contributed by atoms with Crippen molar-refractivity contribution in [1.29, 1.82) is 0 Å². The number of morpholine rings is 1. The second-order valence-corrected chi connectivity index (χ2v) is 6.14. The molecule has 0 bridgehead atoms. The number of rotatable bonds is 3. The molecule has 1 amide bonds. The molecule has 1 aromatic carbocycles. The van der Waals surface area contributed by atoms with Crippen LogP contribution < -0.4 is 4.74 Å². The van der Waals surface area contributed by atoms with Gasteiger partial charge in [0.15, 0.2) is 6.61 Å². The summed E-state index contributed by atoms with van der Waals surface area (Å²) in [6.45, 7) is 3.25. The van der Waals surface area contributed by atoms with E-state index in [1.54, 1.807) is 24.3 Å². The van der Waals surface area contributed by atoms with Crippen LogP contribution >= 0.6 is 11.6 Å². The van der Waals surface area contributed by atoms with E-state index in [2.05, 4.69) is 0 Å². The lowest BCUT2D eigenvalue weighted by Gasteiger charge is -2.44. The minimum absolute atomic E-state index is 0.0101. The van der Waals surface area contributed by atoms with E-state index in [1.165, 1.54) is 0 Å². The van der Waals surface area contributed by atoms with Crippen LogP contribution in [0.4, 0.5) is 0 Å². The molecule has 0 N–H and O–H groups in total. The van der Waals surface area contributed by atoms with Crippen LogP contribution in [0.1, 0.15) is 12.8 Å². The van der Waals surface area contributed by atoms with Crippen LogP contribution in [0.15, 0.2) is 24.3 Å². The largest absolute Gasteiger partial charge is 0.484 e. The van der Waals surface area contributed by atoms with E-state index in [0.29, 0.717) is 43.7 Å². The Morgan fingerprint density at radius 3 is 2.68 bits per heavy atom. The van der Waals surface area contributed by atoms with Gasteiger partial charge in [-0.25, -0.2) is 0 Å². The van der Waals surface area contributed by atoms with E-state index in [4.69, 9.17) is 25.8 Å². The first-order valence-corrected chi connectivity index (χ1v) is 7.93. The van der Waals surface area contributed by atoms with Crippen molar-refractivity contribution in [2.45, 2.75) is 18.4 Å². The normalized spacial score (nSPS) is 20.9. The van der Waals surface area contributed by atoms with Gasteiger partial charge in [0.05, 0.1) is 18.8 Å². The van der Waals surface area contributed by atoms with Gasteiger partial charge in [-0.15, -0.1) is 0 Å². The van der Waals surface area contributed by atoms with Crippen LogP contribution in [0, 0.1) is 0 Å². The number of halogens is 1. The van der Waals surface area contributed by atoms with E-state index in [-0.39, 0.29) is 18.1 Å². The summed E-state index contributed by atoms with van der Waals surface area (Å²) in [7, 11) is 0. The molecule has 0 atom stereocenters. The first-order valence-electron chi connectivity index (χ1n) is 7.55. The van der Waals surface area contributed by atoms with Crippen molar-refractivity contribution in [2.75, 3.05) is 39.5 Å². The zero-order chi connectivity index (χ0) is 15.4. The summed E-state index contributed by atoms with van der Waals surface area (Å²) < 4.78 is 16.9. The molecule has 120 valence electrons. The van der Waals surface area contributed by atoms with Gasteiger partial charge in [-0.05, 0) is 24.3 Å². The molecule has 22 heavy (non-hydrogen) atoms. The fraction of sp³-hybridized carbons (Fsp3) is 0.562. The topological polar surface area (TPSA) is 48.0 Å². The van der Waals surface area contributed by atoms with Crippen molar-refractivity contribution in [3.05, 3.63) is 29.3 Å². The van der Waals surface area contributed by atoms with Crippen molar-refractivity contribution < 1.29 is 19.0 Å². The summed E-state index contributed by atoms with van der Waals surface area (Å²) in [4.78, 5) is 14.2. The first kappa shape index (κ1) is 15.6. The molecule has 0 unspecified atom stereocenters. The van der Waals surface area contributed by atoms with Crippen molar-refractivity contribution in [1.82, 2.24) is 4.90 Å². The summed E-state index contributed by atoms with van der Waals surface area (Å²) in [5.41, 5.74) is -0.230. The zero-order valence-electron chi connectivity index (χ0n) is 12.4. The third-order valence-corrected chi connectivity index (χ3v) is 4.43. The highest BCUT2D eigenvalue weighted by atomic mass is 35.5. The molecule has 2 fully saturated rings. The third-order valence-electron chi connectivity index (χ3n) is 4.18. The Hall–Kier alpha value is -1.30. The Kier molecular flexibility index (Phi) is 4.86. The quantitative estimate of drug-likeness (QED) is 0.854. The molecular weight excluding hydrogens is 306 g/mol. The molecule has 0 radical (unpaired) electrons. The van der Waals surface area contributed by atoms with Gasteiger partial charge in [-0.2, -0.15) is 0 Å². The first-order chi connectivity index (χ1) is 10.7. The van der Waals surface area contributed by atoms with Gasteiger partial charge < -0.3 is 19.1 Å². The Bertz CT molecular complexity index is 508. The summed E-state index contributed by atoms with van der Waals surface area (Å²) in [5.74, 6) is 0.635. The fourth-order valence-electron chi connectivity index (χ4n) is 2.87. The lowest BCUT2D eigenvalue weighted by atomic mass is 9.92. The molecule has 0 aromatic heterocycles. The van der Waals surface area contributed by atoms with Gasteiger partial charge in [0.1, 0.15) is 5.75 Å². The van der Waals surface area contributed by atoms with E-state index < -0.39 is 0 Å². The number of amides is 1. The maximum Gasteiger partial charge on any atom is 0.260 e. The Morgan fingerprint density at radius 1 is 1.23 bits per heavy atom. The van der Waals surface area contributed by atoms with Gasteiger partial charge in [0, 0.05) is 37.6 Å². The highest BCUT2D eigenvalue weighted by molar-refractivity contribution is 6.30. The Balaban J connectivity index is 1.54. The monoisotopic (exact) mass is 325 g/mol. The van der Waals surface area contributed by atoms with Crippen molar-refractivity contribution in [3.8, 4) is 5.75 Å². The highest BCUT2D eigenvalue weighted by Crippen LogP contribution is 2.29. The molecule has 1 spiro atoms. The van der Waals surface area contributed by atoms with Crippen molar-refractivity contribution in [2.24, 2.45) is 0 Å². The van der Waals surface area contributed by atoms with Crippen LogP contribution in [0.2, 0.25) is 5.02 Å². The van der Waals surface area contributed by atoms with Gasteiger partial charge >= 0.3 is 0 Å². The van der Waals surface area contributed by atoms with Crippen LogP contribution in [-0.2, 0) is 14.3 Å². The van der Waals surface area contributed by atoms with E-state index >= 15 is 0 Å². The summed E-state index contributed by atoms with van der Waals surface area (Å²) >= 11 is 5.82. The predicted molar refractivity (Wildman–Crippen MR) is 82.3 cm³/mol. The van der Waals surface area contributed by atoms with Gasteiger partial charge in [-0.1, -0.05) is 11.6 Å². The molecule has 5 nitrogen and oxygen atoms in total. The SMILES string of the molecule is O=C(COc1ccc(Cl)cc1)N1CCOC2(CCOCC2)C1. The molecule has 2 aliphatic heterocycles. The van der Waals surface area contributed by atoms with Gasteiger partial charge in [0.25, 0.3) is 5.91 Å². The summed E-state index contributed by atoms with van der Waals surface area (Å²) in [6, 6.07) is 7.00. The number of nitrogens with zero attached hydrogens (tertiary/aromatic N) is 1. The number of carbonyl (C=O) groups is 1. The average Bonchev–Trinajstić information content (AvgIpc) is 2.55. The molecule has 2 heterocycles. The van der Waals surface area contributed by atoms with Gasteiger partial charge in [-0.3, -0.25) is 4.79 Å². The molecular formula is C16H20ClNO4. The number of hydrogen-bond donors (Lipinski definition) is 0. The number of ether oxygens (including phenoxy) is 3. The fourth-order valence-corrected chi connectivity index (χ4v) is 3.00. The summed E-state index contributed by atoms with van der Waals surface area (Å²) in [5, 5.41) is 0.647. The third kappa shape index (κ3) is 3.72. The molecule has 2 aliphatic rings. The van der Waals surface area contributed by atoms with Gasteiger partial charge in [0.2, 0.25) is 0 Å². The maximum atomic E-state index is 12.4. The van der Waals surface area contributed by atoms with Crippen LogP contribution in [0.5, 0.6) is 5.75 Å². The van der Waals surface area contributed by atoms with Crippen LogP contribution in [-0.4, -0.2) is 55.9 Å². The van der Waals surface area contributed by atoms with Crippen molar-refractivity contribution >= 4 is 17.5 Å². The lowest BCUT2D eigenvalue weighted by molar-refractivity contribution is -0.169. The van der Waals surface area contributed by atoms with E-state index in [0.717, 1.165) is 12.8 Å². The molecule has 0 aliphatic carbocycles. The van der Waals surface area contributed by atoms with E-state index in [1.807, 2.05) is 4.90 Å². The average molecular weight is 326 g/mol. The number of benzene rings is 1. The van der Waals surface area contributed by atoms with E-state index in [9.17, 15) is 4.79 Å². The standard InChI is InChI=1S/C16H20ClNO4/c17-13-1-3-14(4-2-13)21-11-15(19)18-7-10-22-16(12-18)5-8-20-9-6-16/h1-4H,5-12H2. The minimum atomic E-state index is -0.230. The predicted octanol–water partition coefficient (Wildman–Crippen LogP) is 2.13. The van der Waals surface area contributed by atoms with Crippen LogP contribution in [0.25, 0.3) is 0 Å². The molecule has 3 rings (SSSR count). The molecule has 6 heteroatoms. The van der Waals surface area contributed by atoms with Crippen molar-refractivity contribution in [3.63, 3.8) is 0 Å². The second-order valence-electron chi connectivity index (χ2n) is 5.70.